The summed E-state index contributed by atoms with van der Waals surface area (Å²) in [4.78, 5) is 26.4. The van der Waals surface area contributed by atoms with Crippen LogP contribution in [-0.4, -0.2) is 21.5 Å². The van der Waals surface area contributed by atoms with Crippen LogP contribution in [0.25, 0.3) is 0 Å². The fraction of sp³-hybridized carbons (Fsp3) is 0.269. The lowest BCUT2D eigenvalue weighted by Gasteiger charge is -2.39. The summed E-state index contributed by atoms with van der Waals surface area (Å²) in [5, 5.41) is 11.5. The number of aromatic nitrogens is 2. The van der Waals surface area contributed by atoms with Crippen LogP contribution >= 0.6 is 11.6 Å². The van der Waals surface area contributed by atoms with E-state index >= 15 is 0 Å². The molecule has 0 saturated heterocycles. The van der Waals surface area contributed by atoms with Crippen LogP contribution in [0.2, 0.25) is 5.02 Å². The lowest BCUT2D eigenvalue weighted by Crippen LogP contribution is -2.37. The summed E-state index contributed by atoms with van der Waals surface area (Å²) >= 11 is 5.96. The summed E-state index contributed by atoms with van der Waals surface area (Å²) in [6.45, 7) is 6.22. The van der Waals surface area contributed by atoms with Crippen molar-refractivity contribution in [2.75, 3.05) is 10.6 Å². The summed E-state index contributed by atoms with van der Waals surface area (Å²) in [6.07, 6.45) is 2.76. The van der Waals surface area contributed by atoms with Gasteiger partial charge in [-0.2, -0.15) is 5.10 Å². The zero-order valence-corrected chi connectivity index (χ0v) is 19.5. The zero-order valence-electron chi connectivity index (χ0n) is 18.8. The van der Waals surface area contributed by atoms with Crippen molar-refractivity contribution in [2.24, 2.45) is 5.41 Å². The van der Waals surface area contributed by atoms with Gasteiger partial charge in [-0.25, -0.2) is 4.68 Å². The molecule has 6 nitrogen and oxygen atoms in total. The van der Waals surface area contributed by atoms with E-state index in [0.29, 0.717) is 28.5 Å². The summed E-state index contributed by atoms with van der Waals surface area (Å²) in [7, 11) is 0. The van der Waals surface area contributed by atoms with Crippen LogP contribution in [0.4, 0.5) is 11.5 Å². The number of benzene rings is 2. The predicted molar refractivity (Wildman–Crippen MR) is 130 cm³/mol. The highest BCUT2D eigenvalue weighted by molar-refractivity contribution is 6.30. The maximum Gasteiger partial charge on any atom is 0.261 e. The van der Waals surface area contributed by atoms with E-state index in [-0.39, 0.29) is 23.1 Å². The van der Waals surface area contributed by atoms with Gasteiger partial charge in [-0.05, 0) is 48.6 Å². The summed E-state index contributed by atoms with van der Waals surface area (Å²) in [5.41, 5.74) is 4.62. The Bertz CT molecular complexity index is 1290. The molecule has 0 bridgehead atoms. The monoisotopic (exact) mass is 460 g/mol. The van der Waals surface area contributed by atoms with E-state index in [0.717, 1.165) is 28.8 Å². The number of rotatable bonds is 3. The fourth-order valence-corrected chi connectivity index (χ4v) is 4.79. The second-order valence-corrected chi connectivity index (χ2v) is 10.0. The third kappa shape index (κ3) is 3.95. The molecule has 5 rings (SSSR count). The minimum absolute atomic E-state index is 0.118. The topological polar surface area (TPSA) is 76.0 Å². The van der Waals surface area contributed by atoms with Crippen LogP contribution in [0.5, 0.6) is 0 Å². The van der Waals surface area contributed by atoms with Crippen molar-refractivity contribution in [1.29, 1.82) is 0 Å². The molecule has 2 heterocycles. The maximum atomic E-state index is 13.3. The molecule has 1 aliphatic carbocycles. The van der Waals surface area contributed by atoms with Crippen molar-refractivity contribution in [1.82, 2.24) is 9.78 Å². The number of halogens is 1. The molecule has 0 spiro atoms. The maximum absolute atomic E-state index is 13.3. The highest BCUT2D eigenvalue weighted by Gasteiger charge is 2.42. The van der Waals surface area contributed by atoms with E-state index in [4.69, 9.17) is 11.6 Å². The highest BCUT2D eigenvalue weighted by Crippen LogP contribution is 2.46. The van der Waals surface area contributed by atoms with E-state index in [1.807, 2.05) is 31.2 Å². The minimum Gasteiger partial charge on any atom is -0.343 e. The molecular formula is C26H25ClN4O2. The largest absolute Gasteiger partial charge is 0.343 e. The van der Waals surface area contributed by atoms with Gasteiger partial charge in [0.15, 0.2) is 5.78 Å². The van der Waals surface area contributed by atoms with Gasteiger partial charge in [0.05, 0.1) is 6.20 Å². The average molecular weight is 461 g/mol. The van der Waals surface area contributed by atoms with Gasteiger partial charge in [0.25, 0.3) is 5.91 Å². The lowest BCUT2D eigenvalue weighted by atomic mass is 9.73. The number of fused-ring (bicyclic) bond motifs is 1. The standard InChI is InChI=1S/C26H25ClN4O2/c1-15-4-6-16(7-5-15)23-22-20(12-26(2,3)13-21(22)32)30-24-19(14-28-31(23)24)25(33)29-18-10-8-17(27)9-11-18/h4-11,14,23,30H,12-13H2,1-3H3,(H,29,33)/t23-/m0/s1. The Balaban J connectivity index is 1.58. The van der Waals surface area contributed by atoms with E-state index in [9.17, 15) is 9.59 Å². The molecule has 7 heteroatoms. The second kappa shape index (κ2) is 7.89. The Morgan fingerprint density at radius 1 is 1.12 bits per heavy atom. The summed E-state index contributed by atoms with van der Waals surface area (Å²) < 4.78 is 1.76. The predicted octanol–water partition coefficient (Wildman–Crippen LogP) is 5.76. The number of nitrogens with zero attached hydrogens (tertiary/aromatic N) is 2. The van der Waals surface area contributed by atoms with E-state index in [2.05, 4.69) is 29.6 Å². The van der Waals surface area contributed by atoms with Gasteiger partial charge in [-0.1, -0.05) is 55.3 Å². The number of aryl methyl sites for hydroxylation is 1. The number of allylic oxidation sites excluding steroid dienone is 2. The smallest absolute Gasteiger partial charge is 0.261 e. The Hall–Kier alpha value is -3.38. The van der Waals surface area contributed by atoms with Crippen molar-refractivity contribution in [2.45, 2.75) is 39.7 Å². The van der Waals surface area contributed by atoms with Gasteiger partial charge in [0, 0.05) is 28.4 Å². The first-order valence-electron chi connectivity index (χ1n) is 11.0. The molecule has 3 aromatic rings. The first-order chi connectivity index (χ1) is 15.7. The number of carbonyl (C=O) groups is 2. The molecule has 0 unspecified atom stereocenters. The van der Waals surface area contributed by atoms with Crippen molar-refractivity contribution in [3.8, 4) is 0 Å². The molecule has 0 radical (unpaired) electrons. The number of hydrogen-bond donors (Lipinski definition) is 2. The van der Waals surface area contributed by atoms with Crippen LogP contribution < -0.4 is 10.6 Å². The normalized spacial score (nSPS) is 18.9. The highest BCUT2D eigenvalue weighted by atomic mass is 35.5. The van der Waals surface area contributed by atoms with E-state index in [1.165, 1.54) is 0 Å². The fourth-order valence-electron chi connectivity index (χ4n) is 4.67. The van der Waals surface area contributed by atoms with Crippen LogP contribution in [0, 0.1) is 12.3 Å². The summed E-state index contributed by atoms with van der Waals surface area (Å²) in [6, 6.07) is 14.7. The molecular weight excluding hydrogens is 436 g/mol. The third-order valence-electron chi connectivity index (χ3n) is 6.24. The molecule has 2 aliphatic rings. The van der Waals surface area contributed by atoms with Crippen LogP contribution in [0.3, 0.4) is 0 Å². The van der Waals surface area contributed by atoms with Gasteiger partial charge < -0.3 is 10.6 Å². The molecule has 1 aliphatic heterocycles. The first kappa shape index (κ1) is 21.5. The number of ketones is 1. The molecule has 1 atom stereocenters. The molecule has 1 amide bonds. The Kier molecular flexibility index (Phi) is 5.13. The Labute approximate surface area is 197 Å². The molecule has 33 heavy (non-hydrogen) atoms. The minimum atomic E-state index is -0.377. The molecule has 0 saturated carbocycles. The SMILES string of the molecule is Cc1ccc([C@H]2C3=C(CC(C)(C)CC3=O)Nc3c(C(=O)Nc4ccc(Cl)cc4)cnn32)cc1. The number of amides is 1. The van der Waals surface area contributed by atoms with Gasteiger partial charge in [-0.3, -0.25) is 9.59 Å². The first-order valence-corrected chi connectivity index (χ1v) is 11.3. The Morgan fingerprint density at radius 3 is 2.52 bits per heavy atom. The van der Waals surface area contributed by atoms with E-state index in [1.54, 1.807) is 35.1 Å². The molecule has 168 valence electrons. The number of hydrogen-bond acceptors (Lipinski definition) is 4. The van der Waals surface area contributed by atoms with Crippen molar-refractivity contribution in [3.05, 3.63) is 87.7 Å². The average Bonchev–Trinajstić information content (AvgIpc) is 3.17. The van der Waals surface area contributed by atoms with Crippen LogP contribution in [0.15, 0.2) is 66.0 Å². The van der Waals surface area contributed by atoms with Crippen molar-refractivity contribution < 1.29 is 9.59 Å². The lowest BCUT2D eigenvalue weighted by molar-refractivity contribution is -0.118. The van der Waals surface area contributed by atoms with Crippen molar-refractivity contribution >= 4 is 34.8 Å². The number of carbonyl (C=O) groups excluding carboxylic acids is 2. The van der Waals surface area contributed by atoms with Gasteiger partial charge >= 0.3 is 0 Å². The van der Waals surface area contributed by atoms with Gasteiger partial charge in [0.2, 0.25) is 0 Å². The van der Waals surface area contributed by atoms with Gasteiger partial charge in [-0.15, -0.1) is 0 Å². The molecule has 0 fully saturated rings. The Morgan fingerprint density at radius 2 is 1.82 bits per heavy atom. The van der Waals surface area contributed by atoms with Crippen LogP contribution in [0.1, 0.15) is 54.2 Å². The molecule has 2 aromatic carbocycles. The number of anilines is 2. The third-order valence-corrected chi connectivity index (χ3v) is 6.49. The number of Topliss-reactive ketones (excluding diaryl/α,β-unsaturated/α-hetero) is 1. The summed E-state index contributed by atoms with van der Waals surface area (Å²) in [5.74, 6) is 0.433. The second-order valence-electron chi connectivity index (χ2n) is 9.58. The molecule has 1 aromatic heterocycles. The quantitative estimate of drug-likeness (QED) is 0.521. The van der Waals surface area contributed by atoms with Crippen LogP contribution in [-0.2, 0) is 4.79 Å². The number of nitrogens with one attached hydrogen (secondary N) is 2. The van der Waals surface area contributed by atoms with E-state index < -0.39 is 0 Å². The molecule has 2 N–H and O–H groups in total. The van der Waals surface area contributed by atoms with Crippen molar-refractivity contribution in [3.63, 3.8) is 0 Å². The zero-order chi connectivity index (χ0) is 23.3. The van der Waals surface area contributed by atoms with Gasteiger partial charge in [0.1, 0.15) is 17.4 Å².